The van der Waals surface area contributed by atoms with Crippen LogP contribution in [0.4, 0.5) is 4.39 Å². The number of nitrogens with zero attached hydrogens (tertiary/aromatic N) is 1. The Labute approximate surface area is 92.1 Å². The lowest BCUT2D eigenvalue weighted by Crippen LogP contribution is -2.29. The van der Waals surface area contributed by atoms with E-state index in [-0.39, 0.29) is 31.5 Å². The van der Waals surface area contributed by atoms with Crippen LogP contribution in [-0.2, 0) is 0 Å². The number of rotatable bonds is 3. The zero-order valence-corrected chi connectivity index (χ0v) is 9.43. The molecule has 0 spiro atoms. The van der Waals surface area contributed by atoms with E-state index in [2.05, 4.69) is 10.2 Å². The van der Waals surface area contributed by atoms with Crippen molar-refractivity contribution in [3.05, 3.63) is 0 Å². The highest BCUT2D eigenvalue weighted by atomic mass is 35.5. The highest BCUT2D eigenvalue weighted by molar-refractivity contribution is 5.85. The molecule has 0 saturated carbocycles. The zero-order valence-electron chi connectivity index (χ0n) is 7.80. The zero-order chi connectivity index (χ0) is 7.94. The Kier molecular flexibility index (Phi) is 12.8. The van der Waals surface area contributed by atoms with Crippen molar-refractivity contribution in [2.45, 2.75) is 12.8 Å². The Bertz CT molecular complexity index is 98.1. The number of nitrogens with one attached hydrogen (secondary N) is 1. The van der Waals surface area contributed by atoms with Gasteiger partial charge in [0.2, 0.25) is 0 Å². The minimum absolute atomic E-state index is 0. The number of hydrogen-bond acceptors (Lipinski definition) is 2. The summed E-state index contributed by atoms with van der Waals surface area (Å²) in [6.45, 7) is 5.15. The van der Waals surface area contributed by atoms with E-state index in [1.807, 2.05) is 0 Å². The van der Waals surface area contributed by atoms with Crippen LogP contribution in [0.25, 0.3) is 0 Å². The van der Waals surface area contributed by atoms with E-state index in [0.29, 0.717) is 6.42 Å². The van der Waals surface area contributed by atoms with Crippen molar-refractivity contribution in [1.29, 1.82) is 0 Å². The molecule has 5 heteroatoms. The van der Waals surface area contributed by atoms with Gasteiger partial charge in [0.1, 0.15) is 0 Å². The second kappa shape index (κ2) is 10.5. The molecule has 0 amide bonds. The molecule has 1 heterocycles. The number of halogens is 3. The lowest BCUT2D eigenvalue weighted by atomic mass is 10.3. The Morgan fingerprint density at radius 3 is 2.62 bits per heavy atom. The molecule has 1 saturated heterocycles. The van der Waals surface area contributed by atoms with Crippen molar-refractivity contribution in [3.63, 3.8) is 0 Å². The van der Waals surface area contributed by atoms with Crippen LogP contribution in [-0.4, -0.2) is 44.3 Å². The van der Waals surface area contributed by atoms with Gasteiger partial charge < -0.3 is 10.2 Å². The summed E-state index contributed by atoms with van der Waals surface area (Å²) >= 11 is 0. The molecule has 0 unspecified atom stereocenters. The van der Waals surface area contributed by atoms with Gasteiger partial charge in [-0.1, -0.05) is 0 Å². The fraction of sp³-hybridized carbons (Fsp3) is 1.00. The Balaban J connectivity index is 0. The largest absolute Gasteiger partial charge is 0.315 e. The third-order valence-corrected chi connectivity index (χ3v) is 2.04. The molecule has 1 N–H and O–H groups in total. The second-order valence-corrected chi connectivity index (χ2v) is 2.99. The predicted molar refractivity (Wildman–Crippen MR) is 59.0 cm³/mol. The van der Waals surface area contributed by atoms with Gasteiger partial charge in [-0.2, -0.15) is 0 Å². The molecule has 0 aliphatic carbocycles. The van der Waals surface area contributed by atoms with Crippen LogP contribution in [0.5, 0.6) is 0 Å². The molecular formula is C8H19Cl2FN2. The van der Waals surface area contributed by atoms with E-state index in [9.17, 15) is 4.39 Å². The van der Waals surface area contributed by atoms with Crippen molar-refractivity contribution < 1.29 is 4.39 Å². The molecule has 0 aromatic carbocycles. The molecule has 82 valence electrons. The van der Waals surface area contributed by atoms with E-state index in [0.717, 1.165) is 32.7 Å². The maximum atomic E-state index is 11.8. The third-order valence-electron chi connectivity index (χ3n) is 2.04. The van der Waals surface area contributed by atoms with Crippen molar-refractivity contribution in [1.82, 2.24) is 10.2 Å². The average molecular weight is 233 g/mol. The van der Waals surface area contributed by atoms with Crippen LogP contribution in [0.3, 0.4) is 0 Å². The normalized spacial score (nSPS) is 18.2. The van der Waals surface area contributed by atoms with E-state index in [1.54, 1.807) is 0 Å². The maximum absolute atomic E-state index is 11.8. The molecule has 0 bridgehead atoms. The molecule has 0 radical (unpaired) electrons. The lowest BCUT2D eigenvalue weighted by molar-refractivity contribution is 0.275. The summed E-state index contributed by atoms with van der Waals surface area (Å²) in [6, 6.07) is 0. The van der Waals surface area contributed by atoms with Gasteiger partial charge in [0.25, 0.3) is 0 Å². The van der Waals surface area contributed by atoms with Gasteiger partial charge in [-0.25, -0.2) is 0 Å². The lowest BCUT2D eigenvalue weighted by Gasteiger charge is -2.17. The topological polar surface area (TPSA) is 15.3 Å². The van der Waals surface area contributed by atoms with Gasteiger partial charge in [0.15, 0.2) is 0 Å². The van der Waals surface area contributed by atoms with E-state index < -0.39 is 0 Å². The van der Waals surface area contributed by atoms with Gasteiger partial charge in [0.05, 0.1) is 6.67 Å². The minimum atomic E-state index is -0.177. The first kappa shape index (κ1) is 15.9. The first-order valence-corrected chi connectivity index (χ1v) is 4.42. The van der Waals surface area contributed by atoms with Crippen LogP contribution in [0.1, 0.15) is 12.8 Å². The van der Waals surface area contributed by atoms with Crippen LogP contribution in [0, 0.1) is 0 Å². The predicted octanol–water partition coefficient (Wildman–Crippen LogP) is 1.48. The molecule has 1 aliphatic heterocycles. The average Bonchev–Trinajstić information content (AvgIpc) is 2.28. The molecule has 0 atom stereocenters. The second-order valence-electron chi connectivity index (χ2n) is 2.99. The molecule has 2 nitrogen and oxygen atoms in total. The molecule has 1 fully saturated rings. The van der Waals surface area contributed by atoms with Crippen LogP contribution >= 0.6 is 24.8 Å². The summed E-state index contributed by atoms with van der Waals surface area (Å²) < 4.78 is 11.8. The molecule has 1 rings (SSSR count). The van der Waals surface area contributed by atoms with Gasteiger partial charge in [-0.3, -0.25) is 4.39 Å². The fourth-order valence-corrected chi connectivity index (χ4v) is 1.41. The Morgan fingerprint density at radius 1 is 1.15 bits per heavy atom. The third kappa shape index (κ3) is 7.50. The maximum Gasteiger partial charge on any atom is 0.0906 e. The highest BCUT2D eigenvalue weighted by Gasteiger charge is 2.06. The SMILES string of the molecule is Cl.Cl.FCCCN1CCCNCC1. The molecule has 13 heavy (non-hydrogen) atoms. The van der Waals surface area contributed by atoms with E-state index in [1.165, 1.54) is 6.42 Å². The van der Waals surface area contributed by atoms with Gasteiger partial charge in [-0.05, 0) is 25.9 Å². The van der Waals surface area contributed by atoms with Crippen molar-refractivity contribution in [2.75, 3.05) is 39.4 Å². The first-order valence-electron chi connectivity index (χ1n) is 4.42. The van der Waals surface area contributed by atoms with E-state index >= 15 is 0 Å². The smallest absolute Gasteiger partial charge is 0.0906 e. The van der Waals surface area contributed by atoms with E-state index in [4.69, 9.17) is 0 Å². The molecular weight excluding hydrogens is 214 g/mol. The van der Waals surface area contributed by atoms with Crippen molar-refractivity contribution >= 4 is 24.8 Å². The van der Waals surface area contributed by atoms with Gasteiger partial charge >= 0.3 is 0 Å². The number of alkyl halides is 1. The highest BCUT2D eigenvalue weighted by Crippen LogP contribution is 1.96. The monoisotopic (exact) mass is 232 g/mol. The fourth-order valence-electron chi connectivity index (χ4n) is 1.41. The Hall–Kier alpha value is 0.430. The standard InChI is InChI=1S/C8H17FN2.2ClH/c9-3-1-6-11-7-2-4-10-5-8-11;;/h10H,1-8H2;2*1H. The summed E-state index contributed by atoms with van der Waals surface area (Å²) in [5, 5.41) is 3.32. The summed E-state index contributed by atoms with van der Waals surface area (Å²) in [5.41, 5.74) is 0. The van der Waals surface area contributed by atoms with Crippen molar-refractivity contribution in [3.8, 4) is 0 Å². The van der Waals surface area contributed by atoms with Gasteiger partial charge in [-0.15, -0.1) is 24.8 Å². The van der Waals surface area contributed by atoms with Gasteiger partial charge in [0, 0.05) is 19.6 Å². The van der Waals surface area contributed by atoms with Crippen LogP contribution < -0.4 is 5.32 Å². The summed E-state index contributed by atoms with van der Waals surface area (Å²) in [4.78, 5) is 2.33. The molecule has 0 aromatic heterocycles. The van der Waals surface area contributed by atoms with Crippen LogP contribution in [0.15, 0.2) is 0 Å². The molecule has 1 aliphatic rings. The number of hydrogen-bond donors (Lipinski definition) is 1. The quantitative estimate of drug-likeness (QED) is 0.794. The van der Waals surface area contributed by atoms with Crippen LogP contribution in [0.2, 0.25) is 0 Å². The molecule has 0 aromatic rings. The summed E-state index contributed by atoms with van der Waals surface area (Å²) in [7, 11) is 0. The summed E-state index contributed by atoms with van der Waals surface area (Å²) in [6.07, 6.45) is 1.90. The van der Waals surface area contributed by atoms with Crippen molar-refractivity contribution in [2.24, 2.45) is 0 Å². The first-order chi connectivity index (χ1) is 5.43. The minimum Gasteiger partial charge on any atom is -0.315 e. The summed E-state index contributed by atoms with van der Waals surface area (Å²) in [5.74, 6) is 0. The Morgan fingerprint density at radius 2 is 1.92 bits per heavy atom.